The Hall–Kier alpha value is -1.69. The van der Waals surface area contributed by atoms with E-state index in [0.29, 0.717) is 5.92 Å². The molecule has 0 N–H and O–H groups in total. The molecule has 3 heteroatoms. The van der Waals surface area contributed by atoms with Crippen molar-refractivity contribution in [3.63, 3.8) is 0 Å². The van der Waals surface area contributed by atoms with Gasteiger partial charge < -0.3 is 0 Å². The predicted molar refractivity (Wildman–Crippen MR) is 82.7 cm³/mol. The van der Waals surface area contributed by atoms with Crippen molar-refractivity contribution in [3.05, 3.63) is 47.3 Å². The fraction of sp³-hybridized carbons (Fsp3) is 0.474. The molecule has 1 fully saturated rings. The fourth-order valence-corrected chi connectivity index (χ4v) is 3.01. The van der Waals surface area contributed by atoms with Crippen molar-refractivity contribution in [2.45, 2.75) is 45.4 Å². The SMILES string of the molecule is CCC[C@H]1CC[C@H](/C=C/C#Cc2cc(F)c(F)c(F)c2)CC1. The lowest BCUT2D eigenvalue weighted by Crippen LogP contribution is -2.12. The Balaban J connectivity index is 1.89. The van der Waals surface area contributed by atoms with Crippen molar-refractivity contribution in [1.82, 2.24) is 0 Å². The first kappa shape index (κ1) is 16.7. The second-order valence-electron chi connectivity index (χ2n) is 5.95. The molecule has 0 amide bonds. The van der Waals surface area contributed by atoms with Gasteiger partial charge in [0.25, 0.3) is 0 Å². The maximum absolute atomic E-state index is 13.0. The molecule has 0 heterocycles. The summed E-state index contributed by atoms with van der Waals surface area (Å²) in [5.41, 5.74) is 0.146. The highest BCUT2D eigenvalue weighted by Crippen LogP contribution is 2.32. The van der Waals surface area contributed by atoms with E-state index in [-0.39, 0.29) is 5.56 Å². The second kappa shape index (κ2) is 8.08. The largest absolute Gasteiger partial charge is 0.204 e. The molecule has 2 rings (SSSR count). The Morgan fingerprint density at radius 3 is 2.32 bits per heavy atom. The van der Waals surface area contributed by atoms with Gasteiger partial charge in [-0.25, -0.2) is 13.2 Å². The molecule has 0 spiro atoms. The molecule has 0 saturated heterocycles. The number of rotatable bonds is 3. The molecule has 1 aliphatic rings. The zero-order chi connectivity index (χ0) is 15.9. The lowest BCUT2D eigenvalue weighted by Gasteiger charge is -2.26. The van der Waals surface area contributed by atoms with Crippen LogP contribution in [0.2, 0.25) is 0 Å². The summed E-state index contributed by atoms with van der Waals surface area (Å²) in [5, 5.41) is 0. The van der Waals surface area contributed by atoms with Crippen LogP contribution < -0.4 is 0 Å². The third kappa shape index (κ3) is 4.66. The van der Waals surface area contributed by atoms with Crippen molar-refractivity contribution < 1.29 is 13.2 Å². The molecule has 0 aliphatic heterocycles. The summed E-state index contributed by atoms with van der Waals surface area (Å²) in [4.78, 5) is 0. The van der Waals surface area contributed by atoms with Crippen molar-refractivity contribution in [1.29, 1.82) is 0 Å². The Kier molecular flexibility index (Phi) is 6.12. The quantitative estimate of drug-likeness (QED) is 0.502. The van der Waals surface area contributed by atoms with Gasteiger partial charge in [-0.1, -0.05) is 37.7 Å². The molecule has 0 bridgehead atoms. The van der Waals surface area contributed by atoms with E-state index < -0.39 is 17.5 Å². The predicted octanol–water partition coefficient (Wildman–Crippen LogP) is 5.62. The summed E-state index contributed by atoms with van der Waals surface area (Å²) in [7, 11) is 0. The van der Waals surface area contributed by atoms with Gasteiger partial charge in [0, 0.05) is 5.56 Å². The minimum atomic E-state index is -1.45. The lowest BCUT2D eigenvalue weighted by molar-refractivity contribution is 0.294. The monoisotopic (exact) mass is 306 g/mol. The van der Waals surface area contributed by atoms with E-state index in [4.69, 9.17) is 0 Å². The first-order chi connectivity index (χ1) is 10.6. The van der Waals surface area contributed by atoms with Crippen LogP contribution in [0.1, 0.15) is 51.0 Å². The minimum absolute atomic E-state index is 0.146. The Labute approximate surface area is 130 Å². The molecule has 1 aliphatic carbocycles. The van der Waals surface area contributed by atoms with Gasteiger partial charge in [-0.15, -0.1) is 0 Å². The van der Waals surface area contributed by atoms with Gasteiger partial charge in [-0.2, -0.15) is 0 Å². The highest BCUT2D eigenvalue weighted by molar-refractivity contribution is 5.37. The van der Waals surface area contributed by atoms with Crippen molar-refractivity contribution in [2.75, 3.05) is 0 Å². The van der Waals surface area contributed by atoms with Crippen LogP contribution in [0.5, 0.6) is 0 Å². The van der Waals surface area contributed by atoms with Gasteiger partial charge in [0.15, 0.2) is 17.5 Å². The molecule has 22 heavy (non-hydrogen) atoms. The summed E-state index contributed by atoms with van der Waals surface area (Å²) in [6.07, 6.45) is 11.3. The van der Waals surface area contributed by atoms with Crippen LogP contribution in [0.4, 0.5) is 13.2 Å². The lowest BCUT2D eigenvalue weighted by atomic mass is 9.80. The highest BCUT2D eigenvalue weighted by atomic mass is 19.2. The summed E-state index contributed by atoms with van der Waals surface area (Å²) >= 11 is 0. The van der Waals surface area contributed by atoms with Gasteiger partial charge in [-0.3, -0.25) is 0 Å². The maximum Gasteiger partial charge on any atom is 0.194 e. The van der Waals surface area contributed by atoms with Crippen molar-refractivity contribution in [3.8, 4) is 11.8 Å². The molecule has 1 aromatic rings. The number of allylic oxidation sites excluding steroid dienone is 2. The van der Waals surface area contributed by atoms with Crippen LogP contribution in [0.25, 0.3) is 0 Å². The van der Waals surface area contributed by atoms with E-state index in [9.17, 15) is 13.2 Å². The van der Waals surface area contributed by atoms with E-state index in [0.717, 1.165) is 18.1 Å². The maximum atomic E-state index is 13.0. The zero-order valence-electron chi connectivity index (χ0n) is 12.8. The third-order valence-electron chi connectivity index (χ3n) is 4.24. The second-order valence-corrected chi connectivity index (χ2v) is 5.95. The molecule has 1 saturated carbocycles. The van der Waals surface area contributed by atoms with Crippen LogP contribution in [0.3, 0.4) is 0 Å². The van der Waals surface area contributed by atoms with E-state index in [1.807, 2.05) is 0 Å². The average molecular weight is 306 g/mol. The van der Waals surface area contributed by atoms with Gasteiger partial charge in [0.05, 0.1) is 0 Å². The smallest absolute Gasteiger partial charge is 0.194 e. The van der Waals surface area contributed by atoms with E-state index in [1.54, 1.807) is 6.08 Å². The molecule has 0 unspecified atom stereocenters. The molecule has 118 valence electrons. The van der Waals surface area contributed by atoms with Crippen LogP contribution >= 0.6 is 0 Å². The number of hydrogen-bond donors (Lipinski definition) is 0. The molecule has 0 nitrogen and oxygen atoms in total. The first-order valence-electron chi connectivity index (χ1n) is 7.93. The molecular weight excluding hydrogens is 285 g/mol. The molecule has 1 aromatic carbocycles. The van der Waals surface area contributed by atoms with Gasteiger partial charge in [0.2, 0.25) is 0 Å². The Morgan fingerprint density at radius 1 is 1.09 bits per heavy atom. The number of benzene rings is 1. The molecule has 0 aromatic heterocycles. The Bertz CT molecular complexity index is 561. The van der Waals surface area contributed by atoms with Crippen LogP contribution in [-0.2, 0) is 0 Å². The van der Waals surface area contributed by atoms with Gasteiger partial charge >= 0.3 is 0 Å². The molecular formula is C19H21F3. The molecule has 0 atom stereocenters. The van der Waals surface area contributed by atoms with Crippen LogP contribution in [0.15, 0.2) is 24.3 Å². The normalized spacial score (nSPS) is 21.6. The van der Waals surface area contributed by atoms with E-state index >= 15 is 0 Å². The van der Waals surface area contributed by atoms with Gasteiger partial charge in [-0.05, 0) is 55.7 Å². The van der Waals surface area contributed by atoms with Crippen molar-refractivity contribution >= 4 is 0 Å². The van der Waals surface area contributed by atoms with E-state index in [1.165, 1.54) is 38.5 Å². The summed E-state index contributed by atoms with van der Waals surface area (Å²) in [6.45, 7) is 2.22. The molecule has 0 radical (unpaired) electrons. The first-order valence-corrected chi connectivity index (χ1v) is 7.93. The summed E-state index contributed by atoms with van der Waals surface area (Å²) in [6, 6.07) is 1.82. The minimum Gasteiger partial charge on any atom is -0.204 e. The zero-order valence-corrected chi connectivity index (χ0v) is 12.8. The number of hydrogen-bond acceptors (Lipinski definition) is 0. The standard InChI is InChI=1S/C19H21F3/c1-2-5-14-8-10-15(11-9-14)6-3-4-7-16-12-17(20)19(22)18(21)13-16/h3,6,12-15H,2,5,8-11H2,1H3/b6-3+/t14-,15-. The third-order valence-corrected chi connectivity index (χ3v) is 4.24. The Morgan fingerprint density at radius 2 is 1.73 bits per heavy atom. The topological polar surface area (TPSA) is 0 Å². The van der Waals surface area contributed by atoms with Crippen molar-refractivity contribution in [2.24, 2.45) is 11.8 Å². The highest BCUT2D eigenvalue weighted by Gasteiger charge is 2.18. The van der Waals surface area contributed by atoms with Crippen LogP contribution in [0, 0.1) is 41.1 Å². The average Bonchev–Trinajstić information content (AvgIpc) is 2.51. The van der Waals surface area contributed by atoms with Gasteiger partial charge in [0.1, 0.15) is 0 Å². The van der Waals surface area contributed by atoms with E-state index in [2.05, 4.69) is 24.8 Å². The summed E-state index contributed by atoms with van der Waals surface area (Å²) in [5.74, 6) is 2.96. The number of halogens is 3. The summed E-state index contributed by atoms with van der Waals surface area (Å²) < 4.78 is 38.9. The fourth-order valence-electron chi connectivity index (χ4n) is 3.01. The van der Waals surface area contributed by atoms with Crippen LogP contribution in [-0.4, -0.2) is 0 Å².